The summed E-state index contributed by atoms with van der Waals surface area (Å²) in [7, 11) is 0. The molecule has 0 aromatic carbocycles. The van der Waals surface area contributed by atoms with Crippen molar-refractivity contribution >= 4 is 16.5 Å². The molecule has 3 rings (SSSR count). The number of hydrogen-bond acceptors (Lipinski definition) is 5. The second kappa shape index (κ2) is 4.55. The molecule has 0 amide bonds. The third kappa shape index (κ3) is 2.32. The predicted octanol–water partition coefficient (Wildman–Crippen LogP) is 1.23. The molecule has 1 saturated carbocycles. The first-order valence-corrected chi connectivity index (χ1v) is 7.15. The van der Waals surface area contributed by atoms with E-state index in [1.54, 1.807) is 11.3 Å². The van der Waals surface area contributed by atoms with Crippen LogP contribution >= 0.6 is 11.3 Å². The zero-order chi connectivity index (χ0) is 11.8. The average molecular weight is 253 g/mol. The topological polar surface area (TPSA) is 39.6 Å². The van der Waals surface area contributed by atoms with Crippen molar-refractivity contribution in [3.8, 4) is 0 Å². The molecule has 1 aromatic heterocycles. The maximum absolute atomic E-state index is 9.20. The van der Waals surface area contributed by atoms with Crippen LogP contribution in [0.5, 0.6) is 0 Å². The van der Waals surface area contributed by atoms with Crippen LogP contribution in [0.15, 0.2) is 0 Å². The van der Waals surface area contributed by atoms with Crippen molar-refractivity contribution in [2.75, 3.05) is 31.1 Å². The number of piperazine rings is 1. The van der Waals surface area contributed by atoms with E-state index in [4.69, 9.17) is 0 Å². The van der Waals surface area contributed by atoms with Crippen molar-refractivity contribution in [2.45, 2.75) is 32.4 Å². The fourth-order valence-corrected chi connectivity index (χ4v) is 3.39. The summed E-state index contributed by atoms with van der Waals surface area (Å²) in [6, 6.07) is 0.878. The highest BCUT2D eigenvalue weighted by molar-refractivity contribution is 7.15. The third-order valence-corrected chi connectivity index (χ3v) is 4.88. The molecule has 0 atom stereocenters. The van der Waals surface area contributed by atoms with Gasteiger partial charge in [-0.1, -0.05) is 11.3 Å². The van der Waals surface area contributed by atoms with Crippen LogP contribution < -0.4 is 4.90 Å². The van der Waals surface area contributed by atoms with Crippen LogP contribution in [-0.2, 0) is 6.61 Å². The first-order valence-electron chi connectivity index (χ1n) is 6.34. The van der Waals surface area contributed by atoms with E-state index in [1.807, 2.05) is 6.92 Å². The van der Waals surface area contributed by atoms with Crippen molar-refractivity contribution in [3.63, 3.8) is 0 Å². The summed E-state index contributed by atoms with van der Waals surface area (Å²) in [5, 5.41) is 10.3. The molecule has 2 heterocycles. The number of aryl methyl sites for hydroxylation is 1. The summed E-state index contributed by atoms with van der Waals surface area (Å²) in [5.74, 6) is 0. The molecule has 4 nitrogen and oxygen atoms in total. The van der Waals surface area contributed by atoms with E-state index in [2.05, 4.69) is 14.8 Å². The number of aliphatic hydroxyl groups is 1. The summed E-state index contributed by atoms with van der Waals surface area (Å²) in [6.07, 6.45) is 2.79. The Hall–Kier alpha value is -0.650. The Morgan fingerprint density at radius 2 is 2.00 bits per heavy atom. The Morgan fingerprint density at radius 3 is 2.53 bits per heavy atom. The fraction of sp³-hybridized carbons (Fsp3) is 0.750. The maximum atomic E-state index is 9.20. The van der Waals surface area contributed by atoms with Crippen molar-refractivity contribution < 1.29 is 5.11 Å². The van der Waals surface area contributed by atoms with Gasteiger partial charge < -0.3 is 10.0 Å². The van der Waals surface area contributed by atoms with Gasteiger partial charge >= 0.3 is 0 Å². The van der Waals surface area contributed by atoms with Gasteiger partial charge in [-0.25, -0.2) is 4.98 Å². The number of thiazole rings is 1. The first-order chi connectivity index (χ1) is 8.28. The lowest BCUT2D eigenvalue weighted by molar-refractivity contribution is 0.248. The summed E-state index contributed by atoms with van der Waals surface area (Å²) < 4.78 is 0. The molecule has 0 radical (unpaired) electrons. The number of aromatic nitrogens is 1. The quantitative estimate of drug-likeness (QED) is 0.879. The molecule has 5 heteroatoms. The van der Waals surface area contributed by atoms with Gasteiger partial charge in [0.15, 0.2) is 5.13 Å². The summed E-state index contributed by atoms with van der Waals surface area (Å²) >= 11 is 1.64. The molecule has 1 aromatic rings. The van der Waals surface area contributed by atoms with Gasteiger partial charge in [-0.3, -0.25) is 4.90 Å². The number of hydrogen-bond donors (Lipinski definition) is 1. The number of nitrogens with zero attached hydrogens (tertiary/aromatic N) is 3. The Kier molecular flexibility index (Phi) is 3.06. The minimum Gasteiger partial charge on any atom is -0.391 e. The predicted molar refractivity (Wildman–Crippen MR) is 69.6 cm³/mol. The Balaban J connectivity index is 1.64. The van der Waals surface area contributed by atoms with Gasteiger partial charge in [-0.15, -0.1) is 0 Å². The van der Waals surface area contributed by atoms with E-state index in [0.717, 1.165) is 47.9 Å². The Labute approximate surface area is 106 Å². The Morgan fingerprint density at radius 1 is 1.29 bits per heavy atom. The van der Waals surface area contributed by atoms with Crippen LogP contribution in [0.4, 0.5) is 5.13 Å². The molecule has 1 N–H and O–H groups in total. The summed E-state index contributed by atoms with van der Waals surface area (Å²) in [5.41, 5.74) is 0.983. The van der Waals surface area contributed by atoms with E-state index in [1.165, 1.54) is 12.8 Å². The second-order valence-electron chi connectivity index (χ2n) is 4.92. The van der Waals surface area contributed by atoms with Gasteiger partial charge in [-0.05, 0) is 19.8 Å². The highest BCUT2D eigenvalue weighted by atomic mass is 32.1. The third-order valence-electron chi connectivity index (χ3n) is 3.67. The summed E-state index contributed by atoms with van der Waals surface area (Å²) in [4.78, 5) is 10.5. The lowest BCUT2D eigenvalue weighted by atomic mass is 10.3. The molecule has 0 unspecified atom stereocenters. The summed E-state index contributed by atoms with van der Waals surface area (Å²) in [6.45, 7) is 6.58. The fourth-order valence-electron chi connectivity index (χ4n) is 2.41. The van der Waals surface area contributed by atoms with Crippen LogP contribution in [0.2, 0.25) is 0 Å². The molecule has 2 fully saturated rings. The minimum absolute atomic E-state index is 0.117. The minimum atomic E-state index is 0.117. The van der Waals surface area contributed by atoms with Gasteiger partial charge in [0.1, 0.15) is 0 Å². The normalized spacial score (nSPS) is 22.1. The average Bonchev–Trinajstić information content (AvgIpc) is 3.13. The van der Waals surface area contributed by atoms with Crippen molar-refractivity contribution in [1.82, 2.24) is 9.88 Å². The number of anilines is 1. The first kappa shape index (κ1) is 11.4. The van der Waals surface area contributed by atoms with Crippen LogP contribution in [0.3, 0.4) is 0 Å². The molecule has 1 saturated heterocycles. The molecule has 2 aliphatic rings. The van der Waals surface area contributed by atoms with Gasteiger partial charge in [-0.2, -0.15) is 0 Å². The number of aliphatic hydroxyl groups excluding tert-OH is 1. The lowest BCUT2D eigenvalue weighted by Crippen LogP contribution is -2.47. The van der Waals surface area contributed by atoms with Crippen LogP contribution in [0, 0.1) is 6.92 Å². The molecule has 1 aliphatic heterocycles. The molecular formula is C12H19N3OS. The van der Waals surface area contributed by atoms with E-state index in [9.17, 15) is 5.11 Å². The Bertz CT molecular complexity index is 394. The van der Waals surface area contributed by atoms with Gasteiger partial charge in [0.2, 0.25) is 0 Å². The van der Waals surface area contributed by atoms with Crippen molar-refractivity contribution in [3.05, 3.63) is 10.6 Å². The lowest BCUT2D eigenvalue weighted by Gasteiger charge is -2.34. The van der Waals surface area contributed by atoms with Gasteiger partial charge in [0.25, 0.3) is 0 Å². The standard InChI is InChI=1S/C12H19N3OS/c1-9-11(8-16)17-12(13-9)15-6-4-14(5-7-15)10-2-3-10/h10,16H,2-8H2,1H3. The largest absolute Gasteiger partial charge is 0.391 e. The monoisotopic (exact) mass is 253 g/mol. The molecule has 1 aliphatic carbocycles. The van der Waals surface area contributed by atoms with Gasteiger partial charge in [0.05, 0.1) is 17.2 Å². The number of rotatable bonds is 3. The van der Waals surface area contributed by atoms with E-state index in [-0.39, 0.29) is 6.61 Å². The molecule has 17 heavy (non-hydrogen) atoms. The van der Waals surface area contributed by atoms with E-state index < -0.39 is 0 Å². The SMILES string of the molecule is Cc1nc(N2CCN(C3CC3)CC2)sc1CO. The van der Waals surface area contributed by atoms with Crippen molar-refractivity contribution in [1.29, 1.82) is 0 Å². The zero-order valence-electron chi connectivity index (χ0n) is 10.2. The molecule has 0 spiro atoms. The van der Waals surface area contributed by atoms with Gasteiger partial charge in [0, 0.05) is 32.2 Å². The van der Waals surface area contributed by atoms with E-state index in [0.29, 0.717) is 0 Å². The maximum Gasteiger partial charge on any atom is 0.185 e. The molecular weight excluding hydrogens is 234 g/mol. The van der Waals surface area contributed by atoms with E-state index >= 15 is 0 Å². The van der Waals surface area contributed by atoms with Crippen LogP contribution in [0.25, 0.3) is 0 Å². The van der Waals surface area contributed by atoms with Crippen molar-refractivity contribution in [2.24, 2.45) is 0 Å². The second-order valence-corrected chi connectivity index (χ2v) is 5.98. The zero-order valence-corrected chi connectivity index (χ0v) is 11.0. The van der Waals surface area contributed by atoms with Crippen LogP contribution in [0.1, 0.15) is 23.4 Å². The van der Waals surface area contributed by atoms with Crippen LogP contribution in [-0.4, -0.2) is 47.2 Å². The highest BCUT2D eigenvalue weighted by Gasteiger charge is 2.31. The smallest absolute Gasteiger partial charge is 0.185 e. The molecule has 94 valence electrons. The highest BCUT2D eigenvalue weighted by Crippen LogP contribution is 2.30. The molecule has 0 bridgehead atoms.